The minimum atomic E-state index is -0.327. The topological polar surface area (TPSA) is 54.9 Å². The number of hydrogen-bond donors (Lipinski definition) is 0. The van der Waals surface area contributed by atoms with E-state index >= 15 is 0 Å². The molecule has 0 bridgehead atoms. The summed E-state index contributed by atoms with van der Waals surface area (Å²) >= 11 is 0. The average molecular weight is 550 g/mol. The standard InChI is InChI=1S/C35H39N3O3/c1-4-37(23-27-15-17-31(18-16-27)40-25-28-11-7-5-8-12-28)30-20-22-38(24-30)34-33(35(39)41-26(2)3)32(19-21-36-34)29-13-9-6-10-14-29/h5-19,21,26,30H,4,20,22-25H2,1-3H3. The molecular weight excluding hydrogens is 510 g/mol. The molecule has 0 saturated carbocycles. The maximum Gasteiger partial charge on any atom is 0.342 e. The van der Waals surface area contributed by atoms with Crippen LogP contribution in [0.3, 0.4) is 0 Å². The van der Waals surface area contributed by atoms with Gasteiger partial charge in [-0.25, -0.2) is 9.78 Å². The van der Waals surface area contributed by atoms with E-state index in [2.05, 4.69) is 53.1 Å². The number of likely N-dealkylation sites (N-methyl/N-ethyl adjacent to an activating group) is 1. The molecule has 4 aromatic rings. The molecule has 2 heterocycles. The second-order valence-corrected chi connectivity index (χ2v) is 10.7. The number of pyridine rings is 1. The van der Waals surface area contributed by atoms with Gasteiger partial charge in [-0.3, -0.25) is 4.90 Å². The zero-order valence-electron chi connectivity index (χ0n) is 24.2. The van der Waals surface area contributed by atoms with Crippen LogP contribution in [0.2, 0.25) is 0 Å². The van der Waals surface area contributed by atoms with Crippen LogP contribution in [0.15, 0.2) is 97.2 Å². The summed E-state index contributed by atoms with van der Waals surface area (Å²) in [5, 5.41) is 0. The van der Waals surface area contributed by atoms with Gasteiger partial charge >= 0.3 is 5.97 Å². The van der Waals surface area contributed by atoms with E-state index < -0.39 is 0 Å². The molecule has 3 aromatic carbocycles. The van der Waals surface area contributed by atoms with Gasteiger partial charge in [-0.15, -0.1) is 0 Å². The SMILES string of the molecule is CCN(Cc1ccc(OCc2ccccc2)cc1)C1CCN(c2nccc(-c3ccccc3)c2C(=O)OC(C)C)C1. The maximum atomic E-state index is 13.4. The number of aromatic nitrogens is 1. The van der Waals surface area contributed by atoms with E-state index in [4.69, 9.17) is 14.5 Å². The number of esters is 1. The van der Waals surface area contributed by atoms with Gasteiger partial charge < -0.3 is 14.4 Å². The summed E-state index contributed by atoms with van der Waals surface area (Å²) in [7, 11) is 0. The Morgan fingerprint density at radius 3 is 2.34 bits per heavy atom. The van der Waals surface area contributed by atoms with Crippen LogP contribution in [0.1, 0.15) is 48.7 Å². The Hall–Kier alpha value is -4.16. The lowest BCUT2D eigenvalue weighted by molar-refractivity contribution is 0.0379. The van der Waals surface area contributed by atoms with Gasteiger partial charge in [0.1, 0.15) is 23.7 Å². The summed E-state index contributed by atoms with van der Waals surface area (Å²) in [6.45, 7) is 9.95. The van der Waals surface area contributed by atoms with Gasteiger partial charge in [-0.1, -0.05) is 79.7 Å². The molecule has 1 unspecified atom stereocenters. The van der Waals surface area contributed by atoms with Crippen LogP contribution in [-0.4, -0.2) is 47.6 Å². The van der Waals surface area contributed by atoms with Crippen molar-refractivity contribution in [3.8, 4) is 16.9 Å². The Bertz CT molecular complexity index is 1410. The molecule has 1 atom stereocenters. The molecule has 6 heteroatoms. The first-order chi connectivity index (χ1) is 20.0. The zero-order valence-corrected chi connectivity index (χ0v) is 24.2. The highest BCUT2D eigenvalue weighted by molar-refractivity contribution is 6.02. The fourth-order valence-corrected chi connectivity index (χ4v) is 5.42. The quantitative estimate of drug-likeness (QED) is 0.188. The molecule has 1 aliphatic heterocycles. The number of rotatable bonds is 11. The Balaban J connectivity index is 1.29. The van der Waals surface area contributed by atoms with Crippen molar-refractivity contribution in [3.05, 3.63) is 114 Å². The van der Waals surface area contributed by atoms with Crippen LogP contribution < -0.4 is 9.64 Å². The van der Waals surface area contributed by atoms with E-state index in [1.165, 1.54) is 5.56 Å². The summed E-state index contributed by atoms with van der Waals surface area (Å²) < 4.78 is 11.7. The lowest BCUT2D eigenvalue weighted by Crippen LogP contribution is -2.37. The summed E-state index contributed by atoms with van der Waals surface area (Å²) in [6, 6.07) is 30.9. The van der Waals surface area contributed by atoms with Gasteiger partial charge in [0, 0.05) is 37.4 Å². The molecule has 0 N–H and O–H groups in total. The number of nitrogens with zero attached hydrogens (tertiary/aromatic N) is 3. The average Bonchev–Trinajstić information content (AvgIpc) is 3.50. The van der Waals surface area contributed by atoms with Gasteiger partial charge in [-0.05, 0) is 61.7 Å². The van der Waals surface area contributed by atoms with Crippen molar-refractivity contribution in [2.24, 2.45) is 0 Å². The van der Waals surface area contributed by atoms with Crippen molar-refractivity contribution in [1.82, 2.24) is 9.88 Å². The molecule has 0 radical (unpaired) electrons. The van der Waals surface area contributed by atoms with Gasteiger partial charge in [0.2, 0.25) is 0 Å². The molecule has 41 heavy (non-hydrogen) atoms. The van der Waals surface area contributed by atoms with E-state index in [1.54, 1.807) is 6.20 Å². The van der Waals surface area contributed by atoms with Gasteiger partial charge in [-0.2, -0.15) is 0 Å². The van der Waals surface area contributed by atoms with E-state index in [-0.39, 0.29) is 12.1 Å². The number of anilines is 1. The Labute approximate surface area is 243 Å². The minimum absolute atomic E-state index is 0.212. The van der Waals surface area contributed by atoms with Crippen molar-refractivity contribution in [2.75, 3.05) is 24.5 Å². The second-order valence-electron chi connectivity index (χ2n) is 10.7. The first-order valence-electron chi connectivity index (χ1n) is 14.5. The Kier molecular flexibility index (Phi) is 9.32. The summed E-state index contributed by atoms with van der Waals surface area (Å²) in [4.78, 5) is 22.9. The summed E-state index contributed by atoms with van der Waals surface area (Å²) in [5.74, 6) is 1.25. The van der Waals surface area contributed by atoms with E-state index in [0.29, 0.717) is 24.0 Å². The third-order valence-corrected chi connectivity index (χ3v) is 7.51. The predicted octanol–water partition coefficient (Wildman–Crippen LogP) is 6.99. The fraction of sp³-hybridized carbons (Fsp3) is 0.314. The van der Waals surface area contributed by atoms with Crippen LogP contribution in [-0.2, 0) is 17.9 Å². The molecule has 212 valence electrons. The fourth-order valence-electron chi connectivity index (χ4n) is 5.42. The van der Waals surface area contributed by atoms with Gasteiger partial charge in [0.05, 0.1) is 6.10 Å². The minimum Gasteiger partial charge on any atom is -0.489 e. The number of benzene rings is 3. The molecule has 0 amide bonds. The second kappa shape index (κ2) is 13.5. The van der Waals surface area contributed by atoms with E-state index in [0.717, 1.165) is 55.0 Å². The number of ether oxygens (including phenoxy) is 2. The molecule has 0 aliphatic carbocycles. The largest absolute Gasteiger partial charge is 0.489 e. The number of carbonyl (C=O) groups is 1. The monoisotopic (exact) mass is 549 g/mol. The lowest BCUT2D eigenvalue weighted by atomic mass is 10.0. The van der Waals surface area contributed by atoms with Crippen LogP contribution in [0.25, 0.3) is 11.1 Å². The summed E-state index contributed by atoms with van der Waals surface area (Å²) in [5.41, 5.74) is 4.79. The zero-order chi connectivity index (χ0) is 28.6. The first kappa shape index (κ1) is 28.4. The number of hydrogen-bond acceptors (Lipinski definition) is 6. The molecular formula is C35H39N3O3. The van der Waals surface area contributed by atoms with Crippen LogP contribution in [0.5, 0.6) is 5.75 Å². The Morgan fingerprint density at radius 2 is 1.66 bits per heavy atom. The summed E-state index contributed by atoms with van der Waals surface area (Å²) in [6.07, 6.45) is 2.59. The van der Waals surface area contributed by atoms with Crippen molar-refractivity contribution in [2.45, 2.75) is 52.5 Å². The number of carbonyl (C=O) groups excluding carboxylic acids is 1. The van der Waals surface area contributed by atoms with E-state index in [1.807, 2.05) is 68.4 Å². The third kappa shape index (κ3) is 7.14. The smallest absolute Gasteiger partial charge is 0.342 e. The first-order valence-corrected chi connectivity index (χ1v) is 14.5. The van der Waals surface area contributed by atoms with Crippen molar-refractivity contribution in [3.63, 3.8) is 0 Å². The normalized spacial score (nSPS) is 15.0. The Morgan fingerprint density at radius 1 is 0.951 bits per heavy atom. The molecule has 1 aromatic heterocycles. The molecule has 1 saturated heterocycles. The molecule has 1 fully saturated rings. The van der Waals surface area contributed by atoms with Gasteiger partial charge in [0.25, 0.3) is 0 Å². The van der Waals surface area contributed by atoms with E-state index in [9.17, 15) is 4.79 Å². The molecule has 6 nitrogen and oxygen atoms in total. The lowest BCUT2D eigenvalue weighted by Gasteiger charge is -2.28. The highest BCUT2D eigenvalue weighted by Crippen LogP contribution is 2.33. The van der Waals surface area contributed by atoms with Gasteiger partial charge in [0.15, 0.2) is 0 Å². The van der Waals surface area contributed by atoms with Crippen molar-refractivity contribution < 1.29 is 14.3 Å². The highest BCUT2D eigenvalue weighted by Gasteiger charge is 2.32. The molecule has 1 aliphatic rings. The van der Waals surface area contributed by atoms with Crippen LogP contribution in [0.4, 0.5) is 5.82 Å². The maximum absolute atomic E-state index is 13.4. The van der Waals surface area contributed by atoms with Crippen LogP contribution >= 0.6 is 0 Å². The third-order valence-electron chi connectivity index (χ3n) is 7.51. The molecule has 5 rings (SSSR count). The van der Waals surface area contributed by atoms with Crippen LogP contribution in [0, 0.1) is 0 Å². The van der Waals surface area contributed by atoms with Crippen molar-refractivity contribution >= 4 is 11.8 Å². The predicted molar refractivity (Wildman–Crippen MR) is 164 cm³/mol. The highest BCUT2D eigenvalue weighted by atomic mass is 16.5. The van der Waals surface area contributed by atoms with Crippen molar-refractivity contribution in [1.29, 1.82) is 0 Å². The molecule has 0 spiro atoms.